The molecule has 1 aromatic rings. The topological polar surface area (TPSA) is 41.1 Å². The van der Waals surface area contributed by atoms with Gasteiger partial charge >= 0.3 is 0 Å². The summed E-state index contributed by atoms with van der Waals surface area (Å²) in [6.45, 7) is 6.04. The molecule has 0 saturated carbocycles. The molecule has 0 aromatic carbocycles. The molecule has 1 fully saturated rings. The minimum atomic E-state index is 0.805. The number of aromatic nitrogens is 2. The molecular formula is C11H18N4S. The van der Waals surface area contributed by atoms with Crippen molar-refractivity contribution >= 4 is 17.6 Å². The van der Waals surface area contributed by atoms with E-state index >= 15 is 0 Å². The Labute approximate surface area is 101 Å². The lowest BCUT2D eigenvalue weighted by Crippen LogP contribution is -2.33. The fourth-order valence-corrected chi connectivity index (χ4v) is 2.55. The molecule has 0 amide bonds. The quantitative estimate of drug-likeness (QED) is 0.852. The average Bonchev–Trinajstić information content (AvgIpc) is 2.38. The second-order valence-corrected chi connectivity index (χ2v) is 4.97. The first-order valence-corrected chi connectivity index (χ1v) is 6.90. The van der Waals surface area contributed by atoms with Crippen LogP contribution in [0.2, 0.25) is 0 Å². The Morgan fingerprint density at radius 3 is 2.75 bits per heavy atom. The molecule has 2 heterocycles. The second kappa shape index (κ2) is 6.06. The largest absolute Gasteiger partial charge is 0.354 e. The van der Waals surface area contributed by atoms with Crippen molar-refractivity contribution in [3.05, 3.63) is 18.1 Å². The summed E-state index contributed by atoms with van der Waals surface area (Å²) in [7, 11) is 0. The Balaban J connectivity index is 1.95. The molecule has 0 radical (unpaired) electrons. The van der Waals surface area contributed by atoms with Crippen LogP contribution in [-0.2, 0) is 6.54 Å². The molecule has 0 spiro atoms. The molecule has 1 saturated heterocycles. The van der Waals surface area contributed by atoms with Crippen molar-refractivity contribution in [1.29, 1.82) is 0 Å². The lowest BCUT2D eigenvalue weighted by Gasteiger charge is -2.27. The molecule has 5 heteroatoms. The van der Waals surface area contributed by atoms with Crippen molar-refractivity contribution < 1.29 is 0 Å². The number of thioether (sulfide) groups is 1. The van der Waals surface area contributed by atoms with Gasteiger partial charge in [-0.3, -0.25) is 4.98 Å². The maximum Gasteiger partial charge on any atom is 0.147 e. The molecule has 1 N–H and O–H groups in total. The monoisotopic (exact) mass is 238 g/mol. The van der Waals surface area contributed by atoms with Crippen LogP contribution in [0.15, 0.2) is 12.4 Å². The Morgan fingerprint density at radius 2 is 2.12 bits per heavy atom. The normalized spacial score (nSPS) is 16.4. The fraction of sp³-hybridized carbons (Fsp3) is 0.636. The molecule has 1 aliphatic heterocycles. The van der Waals surface area contributed by atoms with E-state index in [1.54, 1.807) is 0 Å². The Kier molecular flexibility index (Phi) is 4.42. The highest BCUT2D eigenvalue weighted by molar-refractivity contribution is 7.99. The fourth-order valence-electron chi connectivity index (χ4n) is 1.65. The van der Waals surface area contributed by atoms with Gasteiger partial charge in [0.05, 0.1) is 18.1 Å². The van der Waals surface area contributed by atoms with Crippen molar-refractivity contribution in [1.82, 2.24) is 15.3 Å². The highest BCUT2D eigenvalue weighted by Crippen LogP contribution is 2.15. The van der Waals surface area contributed by atoms with Crippen LogP contribution in [-0.4, -0.2) is 41.1 Å². The maximum atomic E-state index is 4.47. The lowest BCUT2D eigenvalue weighted by atomic mass is 10.4. The number of nitrogens with zero attached hydrogens (tertiary/aromatic N) is 3. The Morgan fingerprint density at radius 1 is 1.31 bits per heavy atom. The van der Waals surface area contributed by atoms with Gasteiger partial charge in [0, 0.05) is 31.1 Å². The van der Waals surface area contributed by atoms with Crippen LogP contribution in [0, 0.1) is 0 Å². The average molecular weight is 238 g/mol. The molecule has 16 heavy (non-hydrogen) atoms. The van der Waals surface area contributed by atoms with Crippen LogP contribution in [0.25, 0.3) is 0 Å². The zero-order valence-corrected chi connectivity index (χ0v) is 10.5. The minimum Gasteiger partial charge on any atom is -0.354 e. The van der Waals surface area contributed by atoms with Crippen LogP contribution < -0.4 is 10.2 Å². The summed E-state index contributed by atoms with van der Waals surface area (Å²) >= 11 is 2.01. The van der Waals surface area contributed by atoms with Crippen LogP contribution in [0.3, 0.4) is 0 Å². The first kappa shape index (κ1) is 11.7. The predicted octanol–water partition coefficient (Wildman–Crippen LogP) is 1.14. The van der Waals surface area contributed by atoms with Crippen molar-refractivity contribution in [2.75, 3.05) is 36.0 Å². The number of nitrogens with one attached hydrogen (secondary N) is 1. The number of rotatable bonds is 4. The lowest BCUT2D eigenvalue weighted by molar-refractivity contribution is 0.705. The molecule has 1 aromatic heterocycles. The van der Waals surface area contributed by atoms with Crippen LogP contribution in [0.1, 0.15) is 12.6 Å². The van der Waals surface area contributed by atoms with E-state index in [4.69, 9.17) is 0 Å². The van der Waals surface area contributed by atoms with Gasteiger partial charge < -0.3 is 10.2 Å². The second-order valence-electron chi connectivity index (χ2n) is 3.75. The zero-order valence-electron chi connectivity index (χ0n) is 9.65. The summed E-state index contributed by atoms with van der Waals surface area (Å²) in [5, 5.41) is 3.24. The van der Waals surface area contributed by atoms with Gasteiger partial charge in [0.2, 0.25) is 0 Å². The van der Waals surface area contributed by atoms with Gasteiger partial charge in [-0.15, -0.1) is 0 Å². The standard InChI is InChI=1S/C11H18N4S/c1-2-12-7-10-8-14-11(9-13-10)15-3-5-16-6-4-15/h8-9,12H,2-7H2,1H3. The maximum absolute atomic E-state index is 4.47. The van der Waals surface area contributed by atoms with Gasteiger partial charge in [-0.05, 0) is 6.54 Å². The van der Waals surface area contributed by atoms with Gasteiger partial charge in [0.15, 0.2) is 0 Å². The number of hydrogen-bond donors (Lipinski definition) is 1. The van der Waals surface area contributed by atoms with Crippen LogP contribution in [0.5, 0.6) is 0 Å². The molecule has 4 nitrogen and oxygen atoms in total. The molecular weight excluding hydrogens is 220 g/mol. The third-order valence-corrected chi connectivity index (χ3v) is 3.53. The first-order chi connectivity index (χ1) is 7.90. The molecule has 1 aliphatic rings. The SMILES string of the molecule is CCNCc1cnc(N2CCSCC2)cn1. The highest BCUT2D eigenvalue weighted by atomic mass is 32.2. The summed E-state index contributed by atoms with van der Waals surface area (Å²) in [5.41, 5.74) is 1.01. The predicted molar refractivity (Wildman–Crippen MR) is 69.0 cm³/mol. The van der Waals surface area contributed by atoms with E-state index in [0.717, 1.165) is 37.7 Å². The van der Waals surface area contributed by atoms with Crippen molar-refractivity contribution in [2.24, 2.45) is 0 Å². The van der Waals surface area contributed by atoms with E-state index in [2.05, 4.69) is 27.1 Å². The van der Waals surface area contributed by atoms with Gasteiger partial charge in [-0.1, -0.05) is 6.92 Å². The van der Waals surface area contributed by atoms with Crippen molar-refractivity contribution in [2.45, 2.75) is 13.5 Å². The van der Waals surface area contributed by atoms with E-state index in [1.165, 1.54) is 11.5 Å². The molecule has 0 atom stereocenters. The van der Waals surface area contributed by atoms with Crippen molar-refractivity contribution in [3.63, 3.8) is 0 Å². The number of anilines is 1. The summed E-state index contributed by atoms with van der Waals surface area (Å²) in [4.78, 5) is 11.2. The van der Waals surface area contributed by atoms with Crippen LogP contribution in [0.4, 0.5) is 5.82 Å². The smallest absolute Gasteiger partial charge is 0.147 e. The van der Waals surface area contributed by atoms with Gasteiger partial charge in [-0.2, -0.15) is 11.8 Å². The molecule has 0 aliphatic carbocycles. The molecule has 0 bridgehead atoms. The molecule has 2 rings (SSSR count). The Bertz CT molecular complexity index is 308. The molecule has 88 valence electrons. The number of hydrogen-bond acceptors (Lipinski definition) is 5. The van der Waals surface area contributed by atoms with E-state index < -0.39 is 0 Å². The first-order valence-electron chi connectivity index (χ1n) is 5.74. The third kappa shape index (κ3) is 3.09. The van der Waals surface area contributed by atoms with Crippen molar-refractivity contribution in [3.8, 4) is 0 Å². The van der Waals surface area contributed by atoms with Gasteiger partial charge in [0.1, 0.15) is 5.82 Å². The molecule has 0 unspecified atom stereocenters. The van der Waals surface area contributed by atoms with E-state index in [1.807, 2.05) is 24.2 Å². The van der Waals surface area contributed by atoms with E-state index in [9.17, 15) is 0 Å². The summed E-state index contributed by atoms with van der Waals surface area (Å²) in [5.74, 6) is 3.40. The van der Waals surface area contributed by atoms with E-state index in [0.29, 0.717) is 0 Å². The zero-order chi connectivity index (χ0) is 11.2. The summed E-state index contributed by atoms with van der Waals surface area (Å²) < 4.78 is 0. The Hall–Kier alpha value is -0.810. The van der Waals surface area contributed by atoms with E-state index in [-0.39, 0.29) is 0 Å². The summed E-state index contributed by atoms with van der Waals surface area (Å²) in [6, 6.07) is 0. The third-order valence-electron chi connectivity index (χ3n) is 2.58. The highest BCUT2D eigenvalue weighted by Gasteiger charge is 2.12. The van der Waals surface area contributed by atoms with Gasteiger partial charge in [0.25, 0.3) is 0 Å². The minimum absolute atomic E-state index is 0.805. The van der Waals surface area contributed by atoms with Crippen LogP contribution >= 0.6 is 11.8 Å². The van der Waals surface area contributed by atoms with Gasteiger partial charge in [-0.25, -0.2) is 4.98 Å². The summed E-state index contributed by atoms with van der Waals surface area (Å²) in [6.07, 6.45) is 3.77.